The monoisotopic (exact) mass is 276 g/mol. The molecule has 0 atom stereocenters. The molecule has 0 aliphatic heterocycles. The second-order valence-corrected chi connectivity index (χ2v) is 5.31. The van der Waals surface area contributed by atoms with Gasteiger partial charge in [0, 0.05) is 24.0 Å². The number of hydrogen-bond donors (Lipinski definition) is 1. The Balaban J connectivity index is 2.09. The molecule has 0 aliphatic carbocycles. The van der Waals surface area contributed by atoms with Crippen molar-refractivity contribution in [3.8, 4) is 0 Å². The maximum atomic E-state index is 4.38. The summed E-state index contributed by atoms with van der Waals surface area (Å²) in [5.74, 6) is 1.88. The van der Waals surface area contributed by atoms with Crippen LogP contribution in [0.5, 0.6) is 0 Å². The van der Waals surface area contributed by atoms with Gasteiger partial charge in [-0.05, 0) is 24.8 Å². The number of thiophene rings is 1. The number of nitrogens with one attached hydrogen (secondary N) is 1. The summed E-state index contributed by atoms with van der Waals surface area (Å²) in [6, 6.07) is 6.26. The summed E-state index contributed by atoms with van der Waals surface area (Å²) < 4.78 is 0. The average Bonchev–Trinajstić information content (AvgIpc) is 2.96. The molecule has 5 heteroatoms. The quantitative estimate of drug-likeness (QED) is 0.841. The van der Waals surface area contributed by atoms with E-state index >= 15 is 0 Å². The van der Waals surface area contributed by atoms with E-state index in [9.17, 15) is 0 Å². The Hall–Kier alpha value is -1.62. The Labute approximate surface area is 118 Å². The molecule has 0 aliphatic rings. The highest BCUT2D eigenvalue weighted by Crippen LogP contribution is 2.19. The zero-order valence-electron chi connectivity index (χ0n) is 11.5. The summed E-state index contributed by atoms with van der Waals surface area (Å²) in [4.78, 5) is 12.2. The summed E-state index contributed by atoms with van der Waals surface area (Å²) in [5.41, 5.74) is 0. The highest BCUT2D eigenvalue weighted by Gasteiger charge is 2.08. The van der Waals surface area contributed by atoms with Crippen LogP contribution in [-0.4, -0.2) is 23.1 Å². The van der Waals surface area contributed by atoms with Crippen LogP contribution in [-0.2, 0) is 6.54 Å². The first-order valence-electron chi connectivity index (χ1n) is 6.66. The third-order valence-corrected chi connectivity index (χ3v) is 3.70. The highest BCUT2D eigenvalue weighted by molar-refractivity contribution is 7.09. The maximum absolute atomic E-state index is 4.38. The Morgan fingerprint density at radius 3 is 2.89 bits per heavy atom. The number of nitrogens with zero attached hydrogens (tertiary/aromatic N) is 3. The second-order valence-electron chi connectivity index (χ2n) is 4.28. The molecule has 4 nitrogen and oxygen atoms in total. The molecule has 0 bridgehead atoms. The number of anilines is 2. The number of aromatic nitrogens is 2. The molecule has 2 aromatic heterocycles. The minimum absolute atomic E-state index is 0.900. The Bertz CT molecular complexity index is 484. The summed E-state index contributed by atoms with van der Waals surface area (Å²) in [6.45, 7) is 7.06. The van der Waals surface area contributed by atoms with Gasteiger partial charge in [-0.1, -0.05) is 13.0 Å². The van der Waals surface area contributed by atoms with Gasteiger partial charge >= 0.3 is 0 Å². The minimum atomic E-state index is 0.900. The first kappa shape index (κ1) is 13.8. The van der Waals surface area contributed by atoms with Gasteiger partial charge in [0.05, 0.1) is 6.54 Å². The van der Waals surface area contributed by atoms with Crippen molar-refractivity contribution in [3.63, 3.8) is 0 Å². The smallest absolute Gasteiger partial charge is 0.134 e. The van der Waals surface area contributed by atoms with Crippen LogP contribution in [0.1, 0.15) is 25.1 Å². The van der Waals surface area contributed by atoms with Crippen LogP contribution in [0.4, 0.5) is 11.6 Å². The van der Waals surface area contributed by atoms with Crippen molar-refractivity contribution < 1.29 is 0 Å². The molecule has 19 heavy (non-hydrogen) atoms. The van der Waals surface area contributed by atoms with Crippen LogP contribution in [0.25, 0.3) is 0 Å². The van der Waals surface area contributed by atoms with Crippen molar-refractivity contribution in [1.82, 2.24) is 9.97 Å². The van der Waals surface area contributed by atoms with Crippen LogP contribution < -0.4 is 10.2 Å². The zero-order valence-corrected chi connectivity index (χ0v) is 12.3. The van der Waals surface area contributed by atoms with E-state index in [1.54, 1.807) is 17.7 Å². The second kappa shape index (κ2) is 7.09. The molecular formula is C14H20N4S. The largest absolute Gasteiger partial charge is 0.370 e. The lowest BCUT2D eigenvalue weighted by molar-refractivity contribution is 0.819. The van der Waals surface area contributed by atoms with E-state index in [2.05, 4.69) is 51.5 Å². The van der Waals surface area contributed by atoms with Gasteiger partial charge in [-0.3, -0.25) is 0 Å². The van der Waals surface area contributed by atoms with Gasteiger partial charge < -0.3 is 10.2 Å². The summed E-state index contributed by atoms with van der Waals surface area (Å²) in [5, 5.41) is 5.41. The van der Waals surface area contributed by atoms with Crippen molar-refractivity contribution in [1.29, 1.82) is 0 Å². The van der Waals surface area contributed by atoms with Gasteiger partial charge in [0.25, 0.3) is 0 Å². The van der Waals surface area contributed by atoms with E-state index < -0.39 is 0 Å². The van der Waals surface area contributed by atoms with E-state index in [-0.39, 0.29) is 0 Å². The molecule has 0 spiro atoms. The summed E-state index contributed by atoms with van der Waals surface area (Å²) >= 11 is 1.78. The summed E-state index contributed by atoms with van der Waals surface area (Å²) in [6.07, 6.45) is 2.72. The van der Waals surface area contributed by atoms with Gasteiger partial charge in [-0.2, -0.15) is 0 Å². The van der Waals surface area contributed by atoms with Crippen LogP contribution in [0.15, 0.2) is 29.9 Å². The molecule has 0 saturated heterocycles. The SMILES string of the molecule is CCCNc1cc(N(CC)Cc2cccs2)ncn1. The van der Waals surface area contributed by atoms with Crippen LogP contribution >= 0.6 is 11.3 Å². The molecule has 2 heterocycles. The normalized spacial score (nSPS) is 10.4. The lowest BCUT2D eigenvalue weighted by Crippen LogP contribution is -2.22. The Morgan fingerprint density at radius 1 is 1.32 bits per heavy atom. The summed E-state index contributed by atoms with van der Waals surface area (Å²) in [7, 11) is 0. The van der Waals surface area contributed by atoms with E-state index in [1.807, 2.05) is 6.07 Å². The molecule has 2 aromatic rings. The molecule has 0 radical (unpaired) electrons. The van der Waals surface area contributed by atoms with Crippen molar-refractivity contribution in [2.75, 3.05) is 23.3 Å². The molecule has 1 N–H and O–H groups in total. The molecule has 2 rings (SSSR count). The first-order chi connectivity index (χ1) is 9.33. The van der Waals surface area contributed by atoms with Crippen LogP contribution in [0.3, 0.4) is 0 Å². The number of hydrogen-bond acceptors (Lipinski definition) is 5. The van der Waals surface area contributed by atoms with Crippen LogP contribution in [0.2, 0.25) is 0 Å². The lowest BCUT2D eigenvalue weighted by Gasteiger charge is -2.21. The van der Waals surface area contributed by atoms with Crippen molar-refractivity contribution >= 4 is 23.0 Å². The fourth-order valence-corrected chi connectivity index (χ4v) is 2.53. The van der Waals surface area contributed by atoms with E-state index in [0.29, 0.717) is 0 Å². The predicted octanol–water partition coefficient (Wildman–Crippen LogP) is 3.39. The van der Waals surface area contributed by atoms with Gasteiger partial charge in [0.2, 0.25) is 0 Å². The van der Waals surface area contributed by atoms with E-state index in [0.717, 1.165) is 37.7 Å². The Kier molecular flexibility index (Phi) is 5.15. The van der Waals surface area contributed by atoms with E-state index in [4.69, 9.17) is 0 Å². The molecule has 0 fully saturated rings. The molecule has 0 amide bonds. The average molecular weight is 276 g/mol. The minimum Gasteiger partial charge on any atom is -0.370 e. The predicted molar refractivity (Wildman–Crippen MR) is 81.9 cm³/mol. The third-order valence-electron chi connectivity index (χ3n) is 2.84. The zero-order chi connectivity index (χ0) is 13.5. The Morgan fingerprint density at radius 2 is 2.21 bits per heavy atom. The molecule has 0 unspecified atom stereocenters. The first-order valence-corrected chi connectivity index (χ1v) is 7.54. The number of rotatable bonds is 7. The standard InChI is InChI=1S/C14H20N4S/c1-3-7-15-13-9-14(17-11-16-13)18(4-2)10-12-6-5-8-19-12/h5-6,8-9,11H,3-4,7,10H2,1-2H3,(H,15,16,17). The van der Waals surface area contributed by atoms with Gasteiger partial charge in [-0.15, -0.1) is 11.3 Å². The topological polar surface area (TPSA) is 41.0 Å². The van der Waals surface area contributed by atoms with Gasteiger partial charge in [0.1, 0.15) is 18.0 Å². The lowest BCUT2D eigenvalue weighted by atomic mass is 10.3. The van der Waals surface area contributed by atoms with Crippen molar-refractivity contribution in [2.24, 2.45) is 0 Å². The fourth-order valence-electron chi connectivity index (χ4n) is 1.82. The maximum Gasteiger partial charge on any atom is 0.134 e. The molecule has 102 valence electrons. The molecule has 0 aromatic carbocycles. The van der Waals surface area contributed by atoms with Crippen molar-refractivity contribution in [2.45, 2.75) is 26.8 Å². The van der Waals surface area contributed by atoms with Gasteiger partial charge in [0.15, 0.2) is 0 Å². The fraction of sp³-hybridized carbons (Fsp3) is 0.429. The molecular weight excluding hydrogens is 256 g/mol. The third kappa shape index (κ3) is 3.92. The molecule has 0 saturated carbocycles. The van der Waals surface area contributed by atoms with Crippen molar-refractivity contribution in [3.05, 3.63) is 34.8 Å². The van der Waals surface area contributed by atoms with E-state index in [1.165, 1.54) is 4.88 Å². The van der Waals surface area contributed by atoms with Gasteiger partial charge in [-0.25, -0.2) is 9.97 Å². The van der Waals surface area contributed by atoms with Crippen LogP contribution in [0, 0.1) is 0 Å². The highest BCUT2D eigenvalue weighted by atomic mass is 32.1.